The molecule has 0 spiro atoms. The molecule has 1 aliphatic rings. The maximum atomic E-state index is 2.45. The fraction of sp³-hybridized carbons (Fsp3) is 1.00. The van der Waals surface area contributed by atoms with Gasteiger partial charge in [0.1, 0.15) is 0 Å². The van der Waals surface area contributed by atoms with E-state index in [0.29, 0.717) is 0 Å². The van der Waals surface area contributed by atoms with Crippen LogP contribution in [0.1, 0.15) is 52.4 Å². The first-order chi connectivity index (χ1) is 6.19. The van der Waals surface area contributed by atoms with Gasteiger partial charge >= 0.3 is 0 Å². The number of rotatable bonds is 5. The molecule has 0 bridgehead atoms. The summed E-state index contributed by atoms with van der Waals surface area (Å²) in [5, 5.41) is 0. The van der Waals surface area contributed by atoms with E-state index in [1.54, 1.807) is 0 Å². The normalized spacial score (nSPS) is 33.9. The molecule has 0 saturated carbocycles. The zero-order chi connectivity index (χ0) is 9.73. The van der Waals surface area contributed by atoms with Crippen molar-refractivity contribution in [2.45, 2.75) is 58.4 Å². The Bertz CT molecular complexity index is 144. The van der Waals surface area contributed by atoms with Crippen molar-refractivity contribution in [3.05, 3.63) is 0 Å². The summed E-state index contributed by atoms with van der Waals surface area (Å²) in [5.41, 5.74) is 0. The van der Waals surface area contributed by atoms with Gasteiger partial charge < -0.3 is 4.48 Å². The average Bonchev–Trinajstić information content (AvgIpc) is 2.42. The Balaban J connectivity index is 2.18. The molecule has 0 radical (unpaired) electrons. The van der Waals surface area contributed by atoms with Gasteiger partial charge in [-0.15, -0.1) is 0 Å². The Hall–Kier alpha value is -0.0400. The molecule has 1 fully saturated rings. The lowest BCUT2D eigenvalue weighted by atomic mass is 10.1. The van der Waals surface area contributed by atoms with E-state index in [9.17, 15) is 0 Å². The number of nitrogens with zero attached hydrogens (tertiary/aromatic N) is 1. The summed E-state index contributed by atoms with van der Waals surface area (Å²) in [5.74, 6) is 0. The van der Waals surface area contributed by atoms with Gasteiger partial charge in [-0.1, -0.05) is 19.8 Å². The minimum atomic E-state index is 0.918. The van der Waals surface area contributed by atoms with Gasteiger partial charge in [0.25, 0.3) is 0 Å². The highest BCUT2D eigenvalue weighted by Gasteiger charge is 2.33. The van der Waals surface area contributed by atoms with Crippen molar-refractivity contribution in [3.8, 4) is 0 Å². The van der Waals surface area contributed by atoms with E-state index in [-0.39, 0.29) is 0 Å². The number of hydrogen-bond acceptors (Lipinski definition) is 0. The van der Waals surface area contributed by atoms with Crippen LogP contribution in [0.15, 0.2) is 0 Å². The van der Waals surface area contributed by atoms with Gasteiger partial charge in [0.05, 0.1) is 26.2 Å². The number of likely N-dealkylation sites (tertiary alicyclic amines) is 1. The van der Waals surface area contributed by atoms with E-state index in [0.717, 1.165) is 6.04 Å². The van der Waals surface area contributed by atoms with Crippen molar-refractivity contribution in [2.24, 2.45) is 0 Å². The Kier molecular flexibility index (Phi) is 4.24. The second-order valence-electron chi connectivity index (χ2n) is 4.98. The van der Waals surface area contributed by atoms with Crippen molar-refractivity contribution in [1.29, 1.82) is 0 Å². The maximum absolute atomic E-state index is 2.45. The van der Waals surface area contributed by atoms with Crippen molar-refractivity contribution in [3.63, 3.8) is 0 Å². The second kappa shape index (κ2) is 4.99. The molecule has 78 valence electrons. The molecule has 2 atom stereocenters. The summed E-state index contributed by atoms with van der Waals surface area (Å²) >= 11 is 0. The number of hydrogen-bond donors (Lipinski definition) is 0. The van der Waals surface area contributed by atoms with E-state index in [1.807, 2.05) is 0 Å². The third-order valence-electron chi connectivity index (χ3n) is 3.88. The molecule has 0 aromatic carbocycles. The van der Waals surface area contributed by atoms with Crippen molar-refractivity contribution < 1.29 is 4.48 Å². The third kappa shape index (κ3) is 2.98. The molecule has 1 saturated heterocycles. The molecule has 0 aromatic rings. The summed E-state index contributed by atoms with van der Waals surface area (Å²) in [6, 6.07) is 0.918. The second-order valence-corrected chi connectivity index (χ2v) is 4.98. The highest BCUT2D eigenvalue weighted by molar-refractivity contribution is 4.61. The van der Waals surface area contributed by atoms with Crippen LogP contribution in [0, 0.1) is 0 Å². The predicted molar refractivity (Wildman–Crippen MR) is 58.8 cm³/mol. The molecule has 0 amide bonds. The fourth-order valence-electron chi connectivity index (χ4n) is 2.51. The fourth-order valence-corrected chi connectivity index (χ4v) is 2.51. The van der Waals surface area contributed by atoms with Crippen LogP contribution in [-0.4, -0.2) is 30.7 Å². The van der Waals surface area contributed by atoms with E-state index < -0.39 is 0 Å². The van der Waals surface area contributed by atoms with Gasteiger partial charge in [-0.05, 0) is 19.8 Å². The SMILES string of the molecule is CCCCCC[N+]1(C)CCCC1C. The molecule has 13 heavy (non-hydrogen) atoms. The summed E-state index contributed by atoms with van der Waals surface area (Å²) in [7, 11) is 2.45. The molecule has 1 heteroatoms. The smallest absolute Gasteiger partial charge is 0.0861 e. The first-order valence-electron chi connectivity index (χ1n) is 6.03. The Labute approximate surface area is 83.7 Å². The van der Waals surface area contributed by atoms with Crippen LogP contribution in [-0.2, 0) is 0 Å². The first-order valence-corrected chi connectivity index (χ1v) is 6.03. The van der Waals surface area contributed by atoms with Gasteiger partial charge in [0.2, 0.25) is 0 Å². The quantitative estimate of drug-likeness (QED) is 0.455. The lowest BCUT2D eigenvalue weighted by Crippen LogP contribution is -2.47. The molecule has 0 N–H and O–H groups in total. The van der Waals surface area contributed by atoms with E-state index in [1.165, 1.54) is 56.1 Å². The Morgan fingerprint density at radius 3 is 2.54 bits per heavy atom. The number of quaternary nitrogens is 1. The van der Waals surface area contributed by atoms with Crippen molar-refractivity contribution in [2.75, 3.05) is 20.1 Å². The zero-order valence-corrected chi connectivity index (χ0v) is 9.68. The molecular formula is C12H26N+. The van der Waals surface area contributed by atoms with Crippen molar-refractivity contribution >= 4 is 0 Å². The Morgan fingerprint density at radius 2 is 2.00 bits per heavy atom. The molecule has 0 aromatic heterocycles. The van der Waals surface area contributed by atoms with Gasteiger partial charge in [0.15, 0.2) is 0 Å². The van der Waals surface area contributed by atoms with Crippen LogP contribution in [0.5, 0.6) is 0 Å². The summed E-state index contributed by atoms with van der Waals surface area (Å²) in [6.45, 7) is 7.55. The van der Waals surface area contributed by atoms with E-state index >= 15 is 0 Å². The lowest BCUT2D eigenvalue weighted by Gasteiger charge is -2.34. The van der Waals surface area contributed by atoms with Crippen LogP contribution in [0.3, 0.4) is 0 Å². The van der Waals surface area contributed by atoms with Crippen LogP contribution >= 0.6 is 0 Å². The minimum absolute atomic E-state index is 0.918. The molecule has 1 nitrogen and oxygen atoms in total. The first kappa shape index (κ1) is 11.0. The predicted octanol–water partition coefficient (Wildman–Crippen LogP) is 3.20. The highest BCUT2D eigenvalue weighted by atomic mass is 15.4. The molecular weight excluding hydrogens is 158 g/mol. The summed E-state index contributed by atoms with van der Waals surface area (Å²) in [6.07, 6.45) is 8.56. The summed E-state index contributed by atoms with van der Waals surface area (Å²) in [4.78, 5) is 0. The van der Waals surface area contributed by atoms with Crippen LogP contribution in [0.4, 0.5) is 0 Å². The molecule has 2 unspecified atom stereocenters. The average molecular weight is 184 g/mol. The summed E-state index contributed by atoms with van der Waals surface area (Å²) < 4.78 is 1.35. The third-order valence-corrected chi connectivity index (χ3v) is 3.88. The van der Waals surface area contributed by atoms with Gasteiger partial charge in [-0.25, -0.2) is 0 Å². The standard InChI is InChI=1S/C12H26N/c1-4-5-6-7-10-13(3)11-8-9-12(13)2/h12H,4-11H2,1-3H3/q+1. The number of unbranched alkanes of at least 4 members (excludes halogenated alkanes) is 3. The van der Waals surface area contributed by atoms with E-state index in [4.69, 9.17) is 0 Å². The van der Waals surface area contributed by atoms with Gasteiger partial charge in [-0.3, -0.25) is 0 Å². The van der Waals surface area contributed by atoms with E-state index in [2.05, 4.69) is 20.9 Å². The molecule has 1 rings (SSSR count). The van der Waals surface area contributed by atoms with Crippen molar-refractivity contribution in [1.82, 2.24) is 0 Å². The van der Waals surface area contributed by atoms with Gasteiger partial charge in [-0.2, -0.15) is 0 Å². The van der Waals surface area contributed by atoms with Crippen LogP contribution in [0.2, 0.25) is 0 Å². The molecule has 1 aliphatic heterocycles. The lowest BCUT2D eigenvalue weighted by molar-refractivity contribution is -0.919. The van der Waals surface area contributed by atoms with Crippen LogP contribution < -0.4 is 0 Å². The molecule has 1 heterocycles. The largest absolute Gasteiger partial charge is 0.324 e. The van der Waals surface area contributed by atoms with Gasteiger partial charge in [0, 0.05) is 12.8 Å². The monoisotopic (exact) mass is 184 g/mol. The highest BCUT2D eigenvalue weighted by Crippen LogP contribution is 2.24. The Morgan fingerprint density at radius 1 is 1.23 bits per heavy atom. The zero-order valence-electron chi connectivity index (χ0n) is 9.68. The molecule has 0 aliphatic carbocycles. The minimum Gasteiger partial charge on any atom is -0.324 e. The maximum Gasteiger partial charge on any atom is 0.0861 e. The van der Waals surface area contributed by atoms with Crippen LogP contribution in [0.25, 0.3) is 0 Å². The topological polar surface area (TPSA) is 0 Å².